The van der Waals surface area contributed by atoms with Crippen molar-refractivity contribution in [2.45, 2.75) is 110 Å². The van der Waals surface area contributed by atoms with Crippen LogP contribution in [0.25, 0.3) is 0 Å². The summed E-state index contributed by atoms with van der Waals surface area (Å²) >= 11 is 0. The lowest BCUT2D eigenvalue weighted by molar-refractivity contribution is -0.343. The van der Waals surface area contributed by atoms with E-state index >= 15 is 0 Å². The zero-order valence-electron chi connectivity index (χ0n) is 19.0. The molecular formula is C22H42O7. The maximum Gasteiger partial charge on any atom is 0.282 e. The van der Waals surface area contributed by atoms with Gasteiger partial charge in [-0.25, -0.2) is 0 Å². The smallest absolute Gasteiger partial charge is 0.282 e. The highest BCUT2D eigenvalue weighted by Gasteiger charge is 2.57. The predicted molar refractivity (Wildman–Crippen MR) is 110 cm³/mol. The second-order valence-corrected chi connectivity index (χ2v) is 7.85. The predicted octanol–water partition coefficient (Wildman–Crippen LogP) is 4.02. The average Bonchev–Trinajstić information content (AvgIpc) is 3.03. The van der Waals surface area contributed by atoms with Gasteiger partial charge in [-0.2, -0.15) is 0 Å². The molecule has 6 unspecified atom stereocenters. The van der Waals surface area contributed by atoms with Crippen LogP contribution in [0.4, 0.5) is 0 Å². The molecule has 0 saturated carbocycles. The van der Waals surface area contributed by atoms with Crippen LogP contribution in [-0.2, 0) is 33.2 Å². The Morgan fingerprint density at radius 1 is 0.793 bits per heavy atom. The molecular weight excluding hydrogens is 376 g/mol. The van der Waals surface area contributed by atoms with Crippen LogP contribution in [0.3, 0.4) is 0 Å². The lowest BCUT2D eigenvalue weighted by Gasteiger charge is -2.42. The number of rotatable bonds is 15. The third-order valence-corrected chi connectivity index (χ3v) is 5.22. The van der Waals surface area contributed by atoms with Crippen molar-refractivity contribution in [2.75, 3.05) is 33.0 Å². The van der Waals surface area contributed by atoms with Crippen LogP contribution < -0.4 is 0 Å². The summed E-state index contributed by atoms with van der Waals surface area (Å²) in [7, 11) is 0. The summed E-state index contributed by atoms with van der Waals surface area (Å²) in [4.78, 5) is 0. The SMILES string of the molecule is CCCCOCC1OC2OC(C)(OCC)OC2C(OCCCC)C1OCCCC. The zero-order valence-corrected chi connectivity index (χ0v) is 19.0. The first-order chi connectivity index (χ1) is 14.1. The molecule has 0 spiro atoms. The zero-order chi connectivity index (χ0) is 21.1. The number of hydrogen-bond acceptors (Lipinski definition) is 7. The van der Waals surface area contributed by atoms with Crippen molar-refractivity contribution < 1.29 is 33.2 Å². The molecule has 0 N–H and O–H groups in total. The molecule has 2 saturated heterocycles. The molecule has 2 heterocycles. The van der Waals surface area contributed by atoms with E-state index in [2.05, 4.69) is 20.8 Å². The van der Waals surface area contributed by atoms with Gasteiger partial charge < -0.3 is 28.4 Å². The Kier molecular flexibility index (Phi) is 11.4. The van der Waals surface area contributed by atoms with Crippen LogP contribution in [0.5, 0.6) is 0 Å². The van der Waals surface area contributed by atoms with Gasteiger partial charge in [0.2, 0.25) is 0 Å². The van der Waals surface area contributed by atoms with Gasteiger partial charge in [0.15, 0.2) is 6.29 Å². The summed E-state index contributed by atoms with van der Waals surface area (Å²) in [5.41, 5.74) is 0. The van der Waals surface area contributed by atoms with Gasteiger partial charge in [0, 0.05) is 33.4 Å². The summed E-state index contributed by atoms with van der Waals surface area (Å²) < 4.78 is 42.5. The normalized spacial score (nSPS) is 34.4. The summed E-state index contributed by atoms with van der Waals surface area (Å²) in [5.74, 6) is -1.14. The molecule has 6 atom stereocenters. The first kappa shape index (κ1) is 25.0. The number of ether oxygens (including phenoxy) is 7. The second-order valence-electron chi connectivity index (χ2n) is 7.85. The van der Waals surface area contributed by atoms with E-state index in [1.807, 2.05) is 6.92 Å². The molecule has 2 rings (SSSR count). The minimum absolute atomic E-state index is 0.270. The Labute approximate surface area is 176 Å². The highest BCUT2D eigenvalue weighted by atomic mass is 16.9. The fourth-order valence-electron chi connectivity index (χ4n) is 3.61. The number of hydrogen-bond donors (Lipinski definition) is 0. The Morgan fingerprint density at radius 2 is 1.41 bits per heavy atom. The highest BCUT2D eigenvalue weighted by molar-refractivity contribution is 4.95. The minimum atomic E-state index is -1.14. The fourth-order valence-corrected chi connectivity index (χ4v) is 3.61. The van der Waals surface area contributed by atoms with Crippen LogP contribution in [0.2, 0.25) is 0 Å². The Hall–Kier alpha value is -0.280. The van der Waals surface area contributed by atoms with Crippen molar-refractivity contribution in [3.8, 4) is 0 Å². The molecule has 0 amide bonds. The maximum atomic E-state index is 6.29. The van der Waals surface area contributed by atoms with Crippen molar-refractivity contribution in [3.05, 3.63) is 0 Å². The van der Waals surface area contributed by atoms with E-state index in [1.165, 1.54) is 0 Å². The van der Waals surface area contributed by atoms with Crippen molar-refractivity contribution in [3.63, 3.8) is 0 Å². The summed E-state index contributed by atoms with van der Waals surface area (Å²) in [6.45, 7) is 13.1. The van der Waals surface area contributed by atoms with Crippen LogP contribution in [0.1, 0.15) is 73.1 Å². The van der Waals surface area contributed by atoms with Gasteiger partial charge in [-0.05, 0) is 26.2 Å². The van der Waals surface area contributed by atoms with Gasteiger partial charge in [0.25, 0.3) is 5.97 Å². The minimum Gasteiger partial charge on any atom is -0.379 e. The van der Waals surface area contributed by atoms with Gasteiger partial charge in [-0.15, -0.1) is 0 Å². The summed E-state index contributed by atoms with van der Waals surface area (Å²) in [6.07, 6.45) is 4.43. The topological polar surface area (TPSA) is 64.6 Å². The molecule has 0 bridgehead atoms. The molecule has 0 aromatic carbocycles. The van der Waals surface area contributed by atoms with E-state index in [9.17, 15) is 0 Å². The fraction of sp³-hybridized carbons (Fsp3) is 1.00. The van der Waals surface area contributed by atoms with Gasteiger partial charge in [0.05, 0.1) is 6.61 Å². The van der Waals surface area contributed by atoms with Crippen molar-refractivity contribution >= 4 is 0 Å². The lowest BCUT2D eigenvalue weighted by atomic mass is 9.98. The molecule has 172 valence electrons. The monoisotopic (exact) mass is 418 g/mol. The average molecular weight is 419 g/mol. The van der Waals surface area contributed by atoms with Gasteiger partial charge in [-0.3, -0.25) is 4.74 Å². The quantitative estimate of drug-likeness (QED) is 0.372. The molecule has 7 nitrogen and oxygen atoms in total. The first-order valence-electron chi connectivity index (χ1n) is 11.5. The largest absolute Gasteiger partial charge is 0.379 e. The van der Waals surface area contributed by atoms with Crippen LogP contribution >= 0.6 is 0 Å². The van der Waals surface area contributed by atoms with Gasteiger partial charge in [0.1, 0.15) is 24.4 Å². The van der Waals surface area contributed by atoms with Crippen LogP contribution in [0.15, 0.2) is 0 Å². The molecule has 0 radical (unpaired) electrons. The Balaban J connectivity index is 2.13. The Bertz CT molecular complexity index is 435. The molecule has 0 aromatic heterocycles. The van der Waals surface area contributed by atoms with E-state index in [0.717, 1.165) is 38.5 Å². The molecule has 2 aliphatic heterocycles. The lowest BCUT2D eigenvalue weighted by Crippen LogP contribution is -2.59. The van der Waals surface area contributed by atoms with E-state index < -0.39 is 18.4 Å². The summed E-state index contributed by atoms with van der Waals surface area (Å²) in [5, 5.41) is 0. The number of unbranched alkanes of at least 4 members (excludes halogenated alkanes) is 3. The second kappa shape index (κ2) is 13.2. The molecule has 2 fully saturated rings. The van der Waals surface area contributed by atoms with E-state index in [4.69, 9.17) is 33.2 Å². The first-order valence-corrected chi connectivity index (χ1v) is 11.5. The van der Waals surface area contributed by atoms with E-state index in [0.29, 0.717) is 33.0 Å². The van der Waals surface area contributed by atoms with Gasteiger partial charge in [-0.1, -0.05) is 40.0 Å². The molecule has 2 aliphatic rings. The van der Waals surface area contributed by atoms with E-state index in [1.54, 1.807) is 6.92 Å². The molecule has 0 aromatic rings. The summed E-state index contributed by atoms with van der Waals surface area (Å²) in [6, 6.07) is 0. The van der Waals surface area contributed by atoms with Crippen LogP contribution in [-0.4, -0.2) is 69.7 Å². The maximum absolute atomic E-state index is 6.29. The van der Waals surface area contributed by atoms with E-state index in [-0.39, 0.29) is 18.3 Å². The Morgan fingerprint density at radius 3 is 2.03 bits per heavy atom. The third-order valence-electron chi connectivity index (χ3n) is 5.22. The van der Waals surface area contributed by atoms with Crippen molar-refractivity contribution in [1.29, 1.82) is 0 Å². The molecule has 7 heteroatoms. The van der Waals surface area contributed by atoms with Crippen LogP contribution in [0, 0.1) is 0 Å². The standard InChI is InChI=1S/C22H42O7/c1-6-10-13-23-16-17-18(24-14-11-7-2)19(25-15-12-8-3)20-21(27-17)29-22(5,28-20)26-9-4/h17-21H,6-16H2,1-5H3. The highest BCUT2D eigenvalue weighted by Crippen LogP contribution is 2.39. The van der Waals surface area contributed by atoms with Gasteiger partial charge >= 0.3 is 0 Å². The van der Waals surface area contributed by atoms with Crippen molar-refractivity contribution in [1.82, 2.24) is 0 Å². The van der Waals surface area contributed by atoms with Crippen molar-refractivity contribution in [2.24, 2.45) is 0 Å². The molecule has 29 heavy (non-hydrogen) atoms. The third kappa shape index (κ3) is 7.42. The number of fused-ring (bicyclic) bond motifs is 1. The molecule has 0 aliphatic carbocycles.